The van der Waals surface area contributed by atoms with Gasteiger partial charge in [-0.05, 0) is 40.6 Å². The largest absolute Gasteiger partial charge is 0.435 e. The first-order valence-electron chi connectivity index (χ1n) is 16.5. The van der Waals surface area contributed by atoms with Crippen molar-refractivity contribution in [3.8, 4) is 56.7 Å². The topological polar surface area (TPSA) is 64.7 Å². The van der Waals surface area contributed by atoms with E-state index >= 15 is 0 Å². The van der Waals surface area contributed by atoms with Gasteiger partial charge in [-0.2, -0.15) is 0 Å². The van der Waals surface area contributed by atoms with Crippen LogP contribution in [0, 0.1) is 0 Å². The monoisotopic (exact) mass is 658 g/mol. The van der Waals surface area contributed by atoms with Gasteiger partial charge < -0.3 is 4.42 Å². The molecule has 0 fully saturated rings. The first-order valence-corrected chi connectivity index (χ1v) is 17.3. The van der Waals surface area contributed by atoms with Crippen molar-refractivity contribution in [3.05, 3.63) is 158 Å². The maximum atomic E-state index is 6.72. The molecule has 10 aromatic rings. The van der Waals surface area contributed by atoms with Crippen LogP contribution in [0.4, 0.5) is 0 Å². The average Bonchev–Trinajstić information content (AvgIpc) is 3.79. The highest BCUT2D eigenvalue weighted by Crippen LogP contribution is 2.47. The molecule has 0 atom stereocenters. The lowest BCUT2D eigenvalue weighted by Crippen LogP contribution is -2.00. The predicted molar refractivity (Wildman–Crippen MR) is 205 cm³/mol. The van der Waals surface area contributed by atoms with E-state index in [1.165, 1.54) is 20.2 Å². The third-order valence-electron chi connectivity index (χ3n) is 9.17. The molecule has 0 spiro atoms. The molecular weight excluding hydrogens is 633 g/mol. The second kappa shape index (κ2) is 11.6. The van der Waals surface area contributed by atoms with E-state index < -0.39 is 0 Å². The van der Waals surface area contributed by atoms with Gasteiger partial charge in [0.1, 0.15) is 5.52 Å². The van der Waals surface area contributed by atoms with Crippen LogP contribution in [-0.4, -0.2) is 19.9 Å². The predicted octanol–water partition coefficient (Wildman–Crippen LogP) is 11.9. The summed E-state index contributed by atoms with van der Waals surface area (Å²) in [5.41, 5.74) is 7.47. The third kappa shape index (κ3) is 4.69. The maximum absolute atomic E-state index is 6.72. The molecule has 0 aliphatic heterocycles. The second-order valence-electron chi connectivity index (χ2n) is 12.2. The normalized spacial score (nSPS) is 11.6. The molecule has 234 valence electrons. The van der Waals surface area contributed by atoms with E-state index in [9.17, 15) is 0 Å². The molecule has 0 saturated carbocycles. The number of benzene rings is 7. The van der Waals surface area contributed by atoms with E-state index in [-0.39, 0.29) is 0 Å². The Balaban J connectivity index is 1.25. The van der Waals surface area contributed by atoms with E-state index in [0.29, 0.717) is 23.4 Å². The first-order chi connectivity index (χ1) is 24.8. The smallest absolute Gasteiger partial charge is 0.227 e. The van der Waals surface area contributed by atoms with Gasteiger partial charge in [0, 0.05) is 48.0 Å². The van der Waals surface area contributed by atoms with Crippen molar-refractivity contribution in [1.29, 1.82) is 0 Å². The number of oxazole rings is 1. The van der Waals surface area contributed by atoms with Crippen LogP contribution in [0.3, 0.4) is 0 Å². The van der Waals surface area contributed by atoms with Crippen LogP contribution < -0.4 is 0 Å². The Labute approximate surface area is 291 Å². The molecule has 0 aliphatic rings. The molecule has 0 bridgehead atoms. The SMILES string of the molecule is c1ccc(-c2nc(-c3ccccc3)nc(-c3cccc4c(-c5c6oc(-c7ccccc7)nc6cc6sc7ccccc7c56)cccc34)n2)cc1. The minimum Gasteiger partial charge on any atom is -0.435 e. The molecule has 0 unspecified atom stereocenters. The van der Waals surface area contributed by atoms with E-state index in [1.807, 2.05) is 91.0 Å². The molecule has 7 aromatic carbocycles. The zero-order valence-electron chi connectivity index (χ0n) is 26.6. The fraction of sp³-hybridized carbons (Fsp3) is 0. The average molecular weight is 659 g/mol. The molecular formula is C44H26N4OS. The van der Waals surface area contributed by atoms with Crippen molar-refractivity contribution < 1.29 is 4.42 Å². The lowest BCUT2D eigenvalue weighted by Gasteiger charge is -2.13. The molecule has 50 heavy (non-hydrogen) atoms. The summed E-state index contributed by atoms with van der Waals surface area (Å²) in [7, 11) is 0. The highest BCUT2D eigenvalue weighted by atomic mass is 32.1. The van der Waals surface area contributed by atoms with Crippen LogP contribution in [0.2, 0.25) is 0 Å². The minimum absolute atomic E-state index is 0.608. The van der Waals surface area contributed by atoms with Crippen molar-refractivity contribution in [2.24, 2.45) is 0 Å². The summed E-state index contributed by atoms with van der Waals surface area (Å²) in [5, 5.41) is 4.49. The van der Waals surface area contributed by atoms with Gasteiger partial charge in [-0.3, -0.25) is 0 Å². The van der Waals surface area contributed by atoms with Gasteiger partial charge in [-0.25, -0.2) is 19.9 Å². The summed E-state index contributed by atoms with van der Waals surface area (Å²) in [6, 6.07) is 53.9. The lowest BCUT2D eigenvalue weighted by atomic mass is 9.92. The van der Waals surface area contributed by atoms with Crippen LogP contribution >= 0.6 is 11.3 Å². The summed E-state index contributed by atoms with van der Waals surface area (Å²) in [4.78, 5) is 20.1. The molecule has 0 aliphatic carbocycles. The summed E-state index contributed by atoms with van der Waals surface area (Å²) < 4.78 is 9.12. The van der Waals surface area contributed by atoms with Gasteiger partial charge in [0.15, 0.2) is 23.1 Å². The number of aromatic nitrogens is 4. The Kier molecular flexibility index (Phi) is 6.60. The lowest BCUT2D eigenvalue weighted by molar-refractivity contribution is 0.621. The van der Waals surface area contributed by atoms with Gasteiger partial charge in [0.25, 0.3) is 0 Å². The highest BCUT2D eigenvalue weighted by Gasteiger charge is 2.22. The number of thiophene rings is 1. The zero-order valence-corrected chi connectivity index (χ0v) is 27.4. The summed E-state index contributed by atoms with van der Waals surface area (Å²) in [6.07, 6.45) is 0. The fourth-order valence-electron chi connectivity index (χ4n) is 6.88. The van der Waals surface area contributed by atoms with Crippen LogP contribution in [-0.2, 0) is 0 Å². The Morgan fingerprint density at radius 3 is 1.64 bits per heavy atom. The van der Waals surface area contributed by atoms with E-state index in [2.05, 4.69) is 66.7 Å². The standard InChI is InChI=1S/C44H26N4OS/c1-4-14-27(15-5-1)41-46-42(28-16-6-2-7-17-28)48-43(47-41)33-24-13-21-30-31(33)22-12-23-32(30)39-38-34-20-10-11-25-36(34)50-37(38)26-35-40(39)49-44(45-35)29-18-8-3-9-19-29/h1-26H. The van der Waals surface area contributed by atoms with E-state index in [1.54, 1.807) is 11.3 Å². The van der Waals surface area contributed by atoms with Crippen LogP contribution in [0.15, 0.2) is 162 Å². The molecule has 0 radical (unpaired) electrons. The Hall–Kier alpha value is -6.50. The molecule has 0 amide bonds. The Morgan fingerprint density at radius 2 is 0.960 bits per heavy atom. The summed E-state index contributed by atoms with van der Waals surface area (Å²) in [6.45, 7) is 0. The van der Waals surface area contributed by atoms with Crippen LogP contribution in [0.25, 0.3) is 98.8 Å². The van der Waals surface area contributed by atoms with Crippen molar-refractivity contribution >= 4 is 53.4 Å². The maximum Gasteiger partial charge on any atom is 0.227 e. The number of fused-ring (bicyclic) bond motifs is 5. The fourth-order valence-corrected chi connectivity index (χ4v) is 8.03. The van der Waals surface area contributed by atoms with Gasteiger partial charge in [0.05, 0.1) is 0 Å². The molecule has 3 heterocycles. The van der Waals surface area contributed by atoms with Crippen LogP contribution in [0.1, 0.15) is 0 Å². The molecule has 10 rings (SSSR count). The van der Waals surface area contributed by atoms with Crippen LogP contribution in [0.5, 0.6) is 0 Å². The molecule has 0 N–H and O–H groups in total. The molecule has 3 aromatic heterocycles. The Morgan fingerprint density at radius 1 is 0.420 bits per heavy atom. The van der Waals surface area contributed by atoms with Crippen molar-refractivity contribution in [1.82, 2.24) is 19.9 Å². The summed E-state index contributed by atoms with van der Waals surface area (Å²) >= 11 is 1.79. The zero-order chi connectivity index (χ0) is 33.0. The minimum atomic E-state index is 0.608. The van der Waals surface area contributed by atoms with Gasteiger partial charge in [-0.1, -0.05) is 133 Å². The van der Waals surface area contributed by atoms with Crippen molar-refractivity contribution in [2.75, 3.05) is 0 Å². The number of rotatable bonds is 5. The number of nitrogens with zero attached hydrogens (tertiary/aromatic N) is 4. The third-order valence-corrected chi connectivity index (χ3v) is 10.3. The molecule has 6 heteroatoms. The highest BCUT2D eigenvalue weighted by molar-refractivity contribution is 7.26. The molecule has 0 saturated heterocycles. The van der Waals surface area contributed by atoms with Crippen molar-refractivity contribution in [3.63, 3.8) is 0 Å². The Bertz CT molecular complexity index is 2810. The quantitative estimate of drug-likeness (QED) is 0.184. The second-order valence-corrected chi connectivity index (χ2v) is 13.3. The number of hydrogen-bond donors (Lipinski definition) is 0. The van der Waals surface area contributed by atoms with Gasteiger partial charge >= 0.3 is 0 Å². The first kappa shape index (κ1) is 28.5. The summed E-state index contributed by atoms with van der Waals surface area (Å²) in [5.74, 6) is 2.50. The van der Waals surface area contributed by atoms with Crippen molar-refractivity contribution in [2.45, 2.75) is 0 Å². The number of hydrogen-bond acceptors (Lipinski definition) is 6. The van der Waals surface area contributed by atoms with Gasteiger partial charge in [-0.15, -0.1) is 11.3 Å². The van der Waals surface area contributed by atoms with E-state index in [0.717, 1.165) is 55.3 Å². The molecule has 5 nitrogen and oxygen atoms in total. The van der Waals surface area contributed by atoms with Gasteiger partial charge in [0.2, 0.25) is 5.89 Å². The van der Waals surface area contributed by atoms with E-state index in [4.69, 9.17) is 24.4 Å².